The van der Waals surface area contributed by atoms with Gasteiger partial charge in [-0.2, -0.15) is 4.68 Å². The van der Waals surface area contributed by atoms with Gasteiger partial charge in [-0.25, -0.2) is 9.78 Å². The fourth-order valence-electron chi connectivity index (χ4n) is 4.94. The second-order valence-corrected chi connectivity index (χ2v) is 9.94. The summed E-state index contributed by atoms with van der Waals surface area (Å²) in [6.45, 7) is 2.02. The molecule has 3 aromatic heterocycles. The Balaban J connectivity index is 1.30. The zero-order valence-corrected chi connectivity index (χ0v) is 22.6. The molecule has 13 heteroatoms. The summed E-state index contributed by atoms with van der Waals surface area (Å²) in [6, 6.07) is 15.7. The van der Waals surface area contributed by atoms with E-state index in [0.717, 1.165) is 22.4 Å². The number of hydrogen-bond donors (Lipinski definition) is 2. The van der Waals surface area contributed by atoms with Crippen LogP contribution in [-0.2, 0) is 11.2 Å². The van der Waals surface area contributed by atoms with Crippen LogP contribution in [0.1, 0.15) is 30.9 Å². The molecule has 2 N–H and O–H groups in total. The molecule has 4 heterocycles. The van der Waals surface area contributed by atoms with Crippen molar-refractivity contribution in [1.29, 1.82) is 0 Å². The first kappa shape index (κ1) is 25.8. The Hall–Kier alpha value is -4.48. The average Bonchev–Trinajstić information content (AvgIpc) is 3.69. The summed E-state index contributed by atoms with van der Waals surface area (Å²) >= 11 is 12.9. The van der Waals surface area contributed by atoms with Crippen LogP contribution < -0.4 is 10.9 Å². The Labute approximate surface area is 237 Å². The Bertz CT molecular complexity index is 1760. The average molecular weight is 577 g/mol. The van der Waals surface area contributed by atoms with E-state index in [1.807, 2.05) is 24.3 Å². The first-order chi connectivity index (χ1) is 19.4. The van der Waals surface area contributed by atoms with Crippen molar-refractivity contribution in [2.45, 2.75) is 25.8 Å². The lowest BCUT2D eigenvalue weighted by molar-refractivity contribution is 0.168. The van der Waals surface area contributed by atoms with Gasteiger partial charge in [-0.05, 0) is 72.2 Å². The third-order valence-corrected chi connectivity index (χ3v) is 7.18. The van der Waals surface area contributed by atoms with Gasteiger partial charge in [0, 0.05) is 33.6 Å². The minimum Gasteiger partial charge on any atom is -0.450 e. The van der Waals surface area contributed by atoms with Crippen LogP contribution in [0.2, 0.25) is 10.2 Å². The van der Waals surface area contributed by atoms with Crippen LogP contribution in [0.15, 0.2) is 65.7 Å². The summed E-state index contributed by atoms with van der Waals surface area (Å²) in [5, 5.41) is 15.0. The molecule has 0 bridgehead atoms. The van der Waals surface area contributed by atoms with E-state index in [-0.39, 0.29) is 18.2 Å². The molecule has 0 saturated heterocycles. The largest absolute Gasteiger partial charge is 0.450 e. The van der Waals surface area contributed by atoms with Crippen LogP contribution in [0.5, 0.6) is 0 Å². The van der Waals surface area contributed by atoms with Gasteiger partial charge in [-0.3, -0.25) is 10.1 Å². The van der Waals surface area contributed by atoms with Crippen LogP contribution in [0.4, 0.5) is 10.5 Å². The number of H-pyrrole nitrogens is 1. The van der Waals surface area contributed by atoms with Gasteiger partial charge in [0.05, 0.1) is 18.3 Å². The molecule has 0 fully saturated rings. The van der Waals surface area contributed by atoms with Crippen LogP contribution in [0, 0.1) is 0 Å². The molecule has 1 aliphatic heterocycles. The third kappa shape index (κ3) is 4.85. The van der Waals surface area contributed by atoms with Gasteiger partial charge in [-0.1, -0.05) is 35.3 Å². The minimum atomic E-state index is -0.522. The van der Waals surface area contributed by atoms with Crippen LogP contribution in [0.25, 0.3) is 28.1 Å². The molecule has 40 heavy (non-hydrogen) atoms. The van der Waals surface area contributed by atoms with Gasteiger partial charge in [0.25, 0.3) is 5.56 Å². The molecule has 202 valence electrons. The number of aromatic amines is 1. The highest BCUT2D eigenvalue weighted by Crippen LogP contribution is 2.36. The lowest BCUT2D eigenvalue weighted by Crippen LogP contribution is -2.24. The number of amides is 1. The number of carbonyl (C=O) groups is 1. The second-order valence-electron chi connectivity index (χ2n) is 9.12. The predicted molar refractivity (Wildman–Crippen MR) is 150 cm³/mol. The molecule has 1 atom stereocenters. The van der Waals surface area contributed by atoms with Gasteiger partial charge in [0.1, 0.15) is 23.0 Å². The standard InChI is InChI=1S/C27H22Cl2N8O3/c1-2-40-27(39)31-18-6-3-15(4-7-18)24-25(29)33-26(32-24)22-10-8-19-11-16(12-23(38)37(19)22)20-13-17(28)5-9-21(20)36-14-30-34-35-36/h3-7,9,11-14,22H,2,8,10H2,1H3,(H,31,39)(H,32,33)/t22-/m0/s1. The maximum atomic E-state index is 13.5. The Kier molecular flexibility index (Phi) is 6.82. The maximum Gasteiger partial charge on any atom is 0.411 e. The minimum absolute atomic E-state index is 0.166. The van der Waals surface area contributed by atoms with Crippen molar-refractivity contribution < 1.29 is 9.53 Å². The Morgan fingerprint density at radius 1 is 1.12 bits per heavy atom. The van der Waals surface area contributed by atoms with E-state index in [1.165, 1.54) is 11.0 Å². The maximum absolute atomic E-state index is 13.5. The smallest absolute Gasteiger partial charge is 0.411 e. The van der Waals surface area contributed by atoms with Crippen molar-refractivity contribution >= 4 is 35.0 Å². The number of carbonyl (C=O) groups excluding carboxylic acids is 1. The van der Waals surface area contributed by atoms with Crippen molar-refractivity contribution in [2.75, 3.05) is 11.9 Å². The lowest BCUT2D eigenvalue weighted by Gasteiger charge is -2.15. The summed E-state index contributed by atoms with van der Waals surface area (Å²) in [5.41, 5.74) is 4.79. The van der Waals surface area contributed by atoms with Gasteiger partial charge in [0.2, 0.25) is 0 Å². The van der Waals surface area contributed by atoms with Crippen molar-refractivity contribution in [2.24, 2.45) is 0 Å². The number of tetrazole rings is 1. The van der Waals surface area contributed by atoms with Gasteiger partial charge < -0.3 is 14.3 Å². The van der Waals surface area contributed by atoms with Crippen molar-refractivity contribution in [3.63, 3.8) is 0 Å². The molecule has 11 nitrogen and oxygen atoms in total. The zero-order valence-electron chi connectivity index (χ0n) is 21.1. The highest BCUT2D eigenvalue weighted by atomic mass is 35.5. The van der Waals surface area contributed by atoms with Crippen molar-refractivity contribution in [3.05, 3.63) is 93.0 Å². The molecular weight excluding hydrogens is 555 g/mol. The number of aryl methyl sites for hydroxylation is 1. The number of fused-ring (bicyclic) bond motifs is 1. The molecular formula is C27H22Cl2N8O3. The molecule has 6 rings (SSSR count). The molecule has 1 amide bonds. The summed E-state index contributed by atoms with van der Waals surface area (Å²) in [7, 11) is 0. The normalized spacial score (nSPS) is 14.2. The Morgan fingerprint density at radius 3 is 2.70 bits per heavy atom. The summed E-state index contributed by atoms with van der Waals surface area (Å²) in [6.07, 6.45) is 2.33. The number of anilines is 1. The van der Waals surface area contributed by atoms with E-state index in [0.29, 0.717) is 45.9 Å². The SMILES string of the molecule is CCOC(=O)Nc1ccc(-c2nc([C@@H]3CCc4cc(-c5cc(Cl)ccc5-n5cnnn5)cc(=O)n43)[nH]c2Cl)cc1. The number of rotatable bonds is 6. The first-order valence-electron chi connectivity index (χ1n) is 12.5. The van der Waals surface area contributed by atoms with Crippen LogP contribution >= 0.6 is 23.2 Å². The number of nitrogens with zero attached hydrogens (tertiary/aromatic N) is 6. The van der Waals surface area contributed by atoms with Crippen LogP contribution in [-0.4, -0.2) is 47.4 Å². The third-order valence-electron chi connectivity index (χ3n) is 6.67. The van der Waals surface area contributed by atoms with Crippen molar-refractivity contribution in [1.82, 2.24) is 34.7 Å². The van der Waals surface area contributed by atoms with E-state index in [1.54, 1.807) is 41.8 Å². The number of pyridine rings is 1. The monoisotopic (exact) mass is 576 g/mol. The van der Waals surface area contributed by atoms with E-state index >= 15 is 0 Å². The molecule has 5 aromatic rings. The highest BCUT2D eigenvalue weighted by molar-refractivity contribution is 6.32. The van der Waals surface area contributed by atoms with Gasteiger partial charge in [-0.15, -0.1) is 5.10 Å². The molecule has 0 saturated carbocycles. The first-order valence-corrected chi connectivity index (χ1v) is 13.2. The van der Waals surface area contributed by atoms with Crippen LogP contribution in [0.3, 0.4) is 0 Å². The van der Waals surface area contributed by atoms with E-state index in [4.69, 9.17) is 32.9 Å². The number of imidazole rings is 1. The summed E-state index contributed by atoms with van der Waals surface area (Å²) < 4.78 is 8.19. The number of ether oxygens (including phenoxy) is 1. The number of halogens is 2. The fourth-order valence-corrected chi connectivity index (χ4v) is 5.36. The number of aromatic nitrogens is 7. The quantitative estimate of drug-likeness (QED) is 0.280. The highest BCUT2D eigenvalue weighted by Gasteiger charge is 2.29. The molecule has 0 spiro atoms. The summed E-state index contributed by atoms with van der Waals surface area (Å²) in [5.74, 6) is 0.597. The van der Waals surface area contributed by atoms with Gasteiger partial charge >= 0.3 is 6.09 Å². The number of benzene rings is 2. The second kappa shape index (κ2) is 10.6. The summed E-state index contributed by atoms with van der Waals surface area (Å²) in [4.78, 5) is 33.1. The topological polar surface area (TPSA) is 133 Å². The molecule has 0 radical (unpaired) electrons. The molecule has 0 aliphatic carbocycles. The van der Waals surface area contributed by atoms with E-state index in [2.05, 4.69) is 25.8 Å². The van der Waals surface area contributed by atoms with E-state index in [9.17, 15) is 9.59 Å². The number of nitrogens with one attached hydrogen (secondary N) is 2. The van der Waals surface area contributed by atoms with Crippen molar-refractivity contribution in [3.8, 4) is 28.1 Å². The number of hydrogen-bond acceptors (Lipinski definition) is 7. The fraction of sp³-hybridized carbons (Fsp3) is 0.185. The predicted octanol–water partition coefficient (Wildman–Crippen LogP) is 5.29. The molecule has 2 aromatic carbocycles. The van der Waals surface area contributed by atoms with E-state index < -0.39 is 6.09 Å². The Morgan fingerprint density at radius 2 is 1.95 bits per heavy atom. The molecule has 1 aliphatic rings. The zero-order chi connectivity index (χ0) is 27.8. The molecule has 0 unspecified atom stereocenters. The lowest BCUT2D eigenvalue weighted by atomic mass is 10.0. The van der Waals surface area contributed by atoms with Gasteiger partial charge in [0.15, 0.2) is 0 Å².